The van der Waals surface area contributed by atoms with Crippen LogP contribution in [-0.2, 0) is 27.9 Å². The summed E-state index contributed by atoms with van der Waals surface area (Å²) in [4.78, 5) is 22.6. The fraction of sp³-hybridized carbons (Fsp3) is 0.917. The summed E-state index contributed by atoms with van der Waals surface area (Å²) in [6.45, 7) is 5.57. The molecule has 0 aliphatic carbocycles. The summed E-state index contributed by atoms with van der Waals surface area (Å²) >= 11 is 0. The van der Waals surface area contributed by atoms with Crippen LogP contribution in [0.4, 0.5) is 0 Å². The molecule has 9 heteroatoms. The smallest absolute Gasteiger partial charge is 0.457 e. The summed E-state index contributed by atoms with van der Waals surface area (Å²) in [7, 11) is 1.67. The van der Waals surface area contributed by atoms with E-state index in [1.54, 1.807) is 0 Å². The molecule has 45 heavy (non-hydrogen) atoms. The van der Waals surface area contributed by atoms with E-state index < -0.39 is 13.9 Å². The van der Waals surface area contributed by atoms with Crippen molar-refractivity contribution in [3.8, 4) is 0 Å². The maximum atomic E-state index is 12.5. The zero-order chi connectivity index (χ0) is 33.5. The number of carbonyl (C=O) groups is 1. The Bertz CT molecular complexity index is 741. The molecule has 0 heterocycles. The molecule has 268 valence electrons. The molecule has 0 aromatic heterocycles. The molecule has 0 aliphatic rings. The third kappa shape index (κ3) is 34.4. The third-order valence-corrected chi connectivity index (χ3v) is 8.81. The number of ether oxygens (including phenoxy) is 2. The van der Waals surface area contributed by atoms with Crippen molar-refractivity contribution in [1.82, 2.24) is 0 Å². The van der Waals surface area contributed by atoms with E-state index in [1.807, 2.05) is 21.1 Å². The van der Waals surface area contributed by atoms with Crippen LogP contribution in [0, 0.1) is 0 Å². The number of carbonyl (C=O) groups excluding carboxylic acids is 1. The molecule has 0 saturated carbocycles. The SMILES string of the molecule is CCCCCCC/C=C\CCCCCCCCOCC(COP(=O)(O)OCC[N+](C)(C)C)OC(=O)CCCCCCCCCC. The van der Waals surface area contributed by atoms with E-state index in [0.717, 1.165) is 32.1 Å². The van der Waals surface area contributed by atoms with E-state index in [-0.39, 0.29) is 25.8 Å². The summed E-state index contributed by atoms with van der Waals surface area (Å²) in [6.07, 6.45) is 29.5. The molecule has 2 unspecified atom stereocenters. The molecule has 0 aromatic carbocycles. The first-order valence-electron chi connectivity index (χ1n) is 18.4. The summed E-state index contributed by atoms with van der Waals surface area (Å²) in [5.74, 6) is -0.321. The second-order valence-electron chi connectivity index (χ2n) is 13.6. The van der Waals surface area contributed by atoms with E-state index in [9.17, 15) is 14.3 Å². The second-order valence-corrected chi connectivity index (χ2v) is 15.1. The Morgan fingerprint density at radius 1 is 0.667 bits per heavy atom. The number of esters is 1. The number of nitrogens with zero attached hydrogens (tertiary/aromatic N) is 1. The maximum Gasteiger partial charge on any atom is 0.472 e. The molecular formula is C36H73NO7P+. The van der Waals surface area contributed by atoms with Crippen molar-refractivity contribution in [3.05, 3.63) is 12.2 Å². The lowest BCUT2D eigenvalue weighted by Crippen LogP contribution is -2.37. The maximum absolute atomic E-state index is 12.5. The highest BCUT2D eigenvalue weighted by molar-refractivity contribution is 7.47. The predicted octanol–water partition coefficient (Wildman–Crippen LogP) is 9.93. The van der Waals surface area contributed by atoms with Crippen molar-refractivity contribution < 1.29 is 37.3 Å². The molecular weight excluding hydrogens is 589 g/mol. The third-order valence-electron chi connectivity index (χ3n) is 7.83. The minimum atomic E-state index is -4.26. The van der Waals surface area contributed by atoms with Crippen LogP contribution in [0.2, 0.25) is 0 Å². The standard InChI is InChI=1S/C36H72NO7P/c1-6-8-10-12-14-16-17-18-19-20-21-22-24-26-28-31-41-33-35(34-43-45(39,40)42-32-30-37(3,4)5)44-36(38)29-27-25-23-15-13-11-9-7-2/h17-18,35H,6-16,19-34H2,1-5H3/p+1/b18-17-. The number of rotatable bonds is 34. The average molecular weight is 663 g/mol. The molecule has 0 fully saturated rings. The van der Waals surface area contributed by atoms with Gasteiger partial charge in [0.2, 0.25) is 0 Å². The van der Waals surface area contributed by atoms with Gasteiger partial charge in [0.1, 0.15) is 19.3 Å². The van der Waals surface area contributed by atoms with Crippen molar-refractivity contribution in [2.75, 3.05) is 54.1 Å². The number of hydrogen-bond acceptors (Lipinski definition) is 6. The molecule has 0 spiro atoms. The molecule has 0 aliphatic heterocycles. The summed E-state index contributed by atoms with van der Waals surface area (Å²) in [5, 5.41) is 0. The summed E-state index contributed by atoms with van der Waals surface area (Å²) < 4.78 is 34.7. The second kappa shape index (κ2) is 30.6. The van der Waals surface area contributed by atoms with Gasteiger partial charge in [0.15, 0.2) is 0 Å². The van der Waals surface area contributed by atoms with Gasteiger partial charge in [-0.15, -0.1) is 0 Å². The lowest BCUT2D eigenvalue weighted by Gasteiger charge is -2.24. The fourth-order valence-corrected chi connectivity index (χ4v) is 5.64. The number of hydrogen-bond donors (Lipinski definition) is 1. The zero-order valence-electron chi connectivity index (χ0n) is 30.1. The van der Waals surface area contributed by atoms with Gasteiger partial charge in [-0.3, -0.25) is 13.8 Å². The normalized spacial score (nSPS) is 14.2. The first kappa shape index (κ1) is 44.2. The van der Waals surface area contributed by atoms with Crippen molar-refractivity contribution in [2.24, 2.45) is 0 Å². The average Bonchev–Trinajstić information content (AvgIpc) is 2.98. The van der Waals surface area contributed by atoms with Crippen LogP contribution in [0.15, 0.2) is 12.2 Å². The number of phosphoric acid groups is 1. The first-order valence-corrected chi connectivity index (χ1v) is 19.9. The van der Waals surface area contributed by atoms with Crippen LogP contribution in [0.25, 0.3) is 0 Å². The van der Waals surface area contributed by atoms with Gasteiger partial charge in [-0.05, 0) is 38.5 Å². The van der Waals surface area contributed by atoms with Gasteiger partial charge in [0.25, 0.3) is 0 Å². The van der Waals surface area contributed by atoms with Gasteiger partial charge in [0, 0.05) is 13.0 Å². The highest BCUT2D eigenvalue weighted by Crippen LogP contribution is 2.43. The van der Waals surface area contributed by atoms with Gasteiger partial charge in [-0.1, -0.05) is 122 Å². The lowest BCUT2D eigenvalue weighted by atomic mass is 10.1. The Morgan fingerprint density at radius 2 is 1.16 bits per heavy atom. The Hall–Kier alpha value is -0.760. The fourth-order valence-electron chi connectivity index (χ4n) is 4.90. The Balaban J connectivity index is 4.26. The molecule has 0 amide bonds. The highest BCUT2D eigenvalue weighted by Gasteiger charge is 2.26. The van der Waals surface area contributed by atoms with E-state index >= 15 is 0 Å². The monoisotopic (exact) mass is 663 g/mol. The van der Waals surface area contributed by atoms with E-state index in [0.29, 0.717) is 24.1 Å². The molecule has 8 nitrogen and oxygen atoms in total. The molecule has 0 rings (SSSR count). The highest BCUT2D eigenvalue weighted by atomic mass is 31.2. The summed E-state index contributed by atoms with van der Waals surface area (Å²) in [5.41, 5.74) is 0. The number of unbranched alkanes of at least 4 members (excludes halogenated alkanes) is 18. The van der Waals surface area contributed by atoms with Crippen molar-refractivity contribution >= 4 is 13.8 Å². The van der Waals surface area contributed by atoms with Crippen molar-refractivity contribution in [3.63, 3.8) is 0 Å². The number of allylic oxidation sites excluding steroid dienone is 2. The first-order chi connectivity index (χ1) is 21.6. The van der Waals surface area contributed by atoms with E-state index in [1.165, 1.54) is 103 Å². The van der Waals surface area contributed by atoms with Crippen LogP contribution in [0.5, 0.6) is 0 Å². The predicted molar refractivity (Wildman–Crippen MR) is 187 cm³/mol. The van der Waals surface area contributed by atoms with Crippen LogP contribution in [-0.4, -0.2) is 75.6 Å². The van der Waals surface area contributed by atoms with Gasteiger partial charge in [-0.25, -0.2) is 4.57 Å². The Kier molecular flexibility index (Phi) is 30.0. The molecule has 0 bridgehead atoms. The Morgan fingerprint density at radius 3 is 1.69 bits per heavy atom. The number of quaternary nitrogens is 1. The molecule has 0 radical (unpaired) electrons. The number of phosphoric ester groups is 1. The van der Waals surface area contributed by atoms with Crippen LogP contribution >= 0.6 is 7.82 Å². The molecule has 0 saturated heterocycles. The zero-order valence-corrected chi connectivity index (χ0v) is 31.0. The number of likely N-dealkylation sites (N-methyl/N-ethyl adjacent to an activating group) is 1. The van der Waals surface area contributed by atoms with Gasteiger partial charge in [-0.2, -0.15) is 0 Å². The van der Waals surface area contributed by atoms with Gasteiger partial charge in [0.05, 0.1) is 34.4 Å². The van der Waals surface area contributed by atoms with Gasteiger partial charge >= 0.3 is 13.8 Å². The van der Waals surface area contributed by atoms with Crippen LogP contribution in [0.1, 0.15) is 155 Å². The quantitative estimate of drug-likeness (QED) is 0.0241. The largest absolute Gasteiger partial charge is 0.472 e. The minimum absolute atomic E-state index is 0.0899. The van der Waals surface area contributed by atoms with Crippen LogP contribution < -0.4 is 0 Å². The lowest BCUT2D eigenvalue weighted by molar-refractivity contribution is -0.870. The van der Waals surface area contributed by atoms with E-state index in [4.69, 9.17) is 18.5 Å². The molecule has 0 aromatic rings. The van der Waals surface area contributed by atoms with Crippen molar-refractivity contribution in [2.45, 2.75) is 161 Å². The Labute approximate surface area is 278 Å². The van der Waals surface area contributed by atoms with E-state index in [2.05, 4.69) is 26.0 Å². The van der Waals surface area contributed by atoms with Crippen molar-refractivity contribution in [1.29, 1.82) is 0 Å². The van der Waals surface area contributed by atoms with Crippen LogP contribution in [0.3, 0.4) is 0 Å². The topological polar surface area (TPSA) is 91.3 Å². The summed E-state index contributed by atoms with van der Waals surface area (Å²) in [6, 6.07) is 0. The van der Waals surface area contributed by atoms with Gasteiger partial charge < -0.3 is 18.9 Å². The minimum Gasteiger partial charge on any atom is -0.457 e. The molecule has 1 N–H and O–H groups in total. The molecule has 2 atom stereocenters.